The van der Waals surface area contributed by atoms with Crippen LogP contribution in [0.5, 0.6) is 0 Å². The zero-order valence-corrected chi connectivity index (χ0v) is 14.3. The fourth-order valence-electron chi connectivity index (χ4n) is 2.31. The summed E-state index contributed by atoms with van der Waals surface area (Å²) in [6.07, 6.45) is 6.42. The van der Waals surface area contributed by atoms with Crippen LogP contribution in [0.4, 0.5) is 5.69 Å². The van der Waals surface area contributed by atoms with Crippen LogP contribution < -0.4 is 5.32 Å². The first-order chi connectivity index (χ1) is 9.54. The van der Waals surface area contributed by atoms with Gasteiger partial charge in [0.1, 0.15) is 5.15 Å². The molecule has 1 aliphatic heterocycles. The van der Waals surface area contributed by atoms with E-state index in [2.05, 4.69) is 51.1 Å². The van der Waals surface area contributed by atoms with Crippen LogP contribution in [0.2, 0.25) is 5.15 Å². The van der Waals surface area contributed by atoms with Crippen molar-refractivity contribution in [2.45, 2.75) is 32.7 Å². The molecule has 1 fully saturated rings. The number of pyridine rings is 1. The summed E-state index contributed by atoms with van der Waals surface area (Å²) in [5.41, 5.74) is 2.42. The van der Waals surface area contributed by atoms with E-state index in [1.54, 1.807) is 6.20 Å². The van der Waals surface area contributed by atoms with E-state index in [4.69, 9.17) is 11.6 Å². The summed E-state index contributed by atoms with van der Waals surface area (Å²) in [6.45, 7) is 7.66. The fraction of sp³-hybridized carbons (Fsp3) is 0.533. The Morgan fingerprint density at radius 2 is 2.20 bits per heavy atom. The van der Waals surface area contributed by atoms with Gasteiger partial charge in [0.2, 0.25) is 0 Å². The predicted molar refractivity (Wildman–Crippen MR) is 89.5 cm³/mol. The lowest BCUT2D eigenvalue weighted by Crippen LogP contribution is -2.39. The minimum atomic E-state index is 0.507. The number of rotatable bonds is 4. The zero-order valence-electron chi connectivity index (χ0n) is 12.0. The number of likely N-dealkylation sites (tertiary alicyclic amines) is 1. The molecule has 0 aliphatic carbocycles. The molecule has 3 nitrogen and oxygen atoms in total. The molecule has 0 aromatic carbocycles. The molecule has 1 aromatic rings. The van der Waals surface area contributed by atoms with E-state index in [1.165, 1.54) is 5.57 Å². The summed E-state index contributed by atoms with van der Waals surface area (Å²) in [5, 5.41) is 4.05. The fourth-order valence-corrected chi connectivity index (χ4v) is 2.76. The van der Waals surface area contributed by atoms with Crippen LogP contribution >= 0.6 is 27.5 Å². The second-order valence-electron chi connectivity index (χ2n) is 5.50. The Hall–Kier alpha value is -0.580. The van der Waals surface area contributed by atoms with E-state index >= 15 is 0 Å². The van der Waals surface area contributed by atoms with Crippen molar-refractivity contribution in [3.8, 4) is 0 Å². The van der Waals surface area contributed by atoms with Gasteiger partial charge in [-0.2, -0.15) is 0 Å². The van der Waals surface area contributed by atoms with Gasteiger partial charge in [-0.25, -0.2) is 4.98 Å². The van der Waals surface area contributed by atoms with Crippen molar-refractivity contribution in [1.82, 2.24) is 9.88 Å². The molecule has 0 unspecified atom stereocenters. The van der Waals surface area contributed by atoms with Crippen LogP contribution in [-0.4, -0.2) is 35.6 Å². The monoisotopic (exact) mass is 357 g/mol. The van der Waals surface area contributed by atoms with Crippen LogP contribution in [0.1, 0.15) is 26.7 Å². The highest BCUT2D eigenvalue weighted by molar-refractivity contribution is 9.10. The second kappa shape index (κ2) is 7.43. The largest absolute Gasteiger partial charge is 0.381 e. The SMILES string of the molecule is CC(C)=CCN1CCC(Nc2cnc(Cl)c(Br)c2)CC1. The molecule has 1 N–H and O–H groups in total. The maximum atomic E-state index is 5.90. The average molecular weight is 359 g/mol. The van der Waals surface area contributed by atoms with Gasteiger partial charge >= 0.3 is 0 Å². The zero-order chi connectivity index (χ0) is 14.5. The molecular formula is C15H21BrClN3. The third-order valence-corrected chi connectivity index (χ3v) is 4.65. The molecule has 5 heteroatoms. The van der Waals surface area contributed by atoms with Crippen molar-refractivity contribution in [2.24, 2.45) is 0 Å². The lowest BCUT2D eigenvalue weighted by Gasteiger charge is -2.32. The Morgan fingerprint density at radius 1 is 1.50 bits per heavy atom. The molecule has 2 heterocycles. The normalized spacial score (nSPS) is 17.0. The van der Waals surface area contributed by atoms with E-state index in [-0.39, 0.29) is 0 Å². The van der Waals surface area contributed by atoms with E-state index in [0.717, 1.165) is 42.6 Å². The quantitative estimate of drug-likeness (QED) is 0.641. The molecule has 1 saturated heterocycles. The van der Waals surface area contributed by atoms with Gasteiger partial charge in [0.05, 0.1) is 16.4 Å². The van der Waals surface area contributed by atoms with Gasteiger partial charge in [-0.05, 0) is 48.7 Å². The lowest BCUT2D eigenvalue weighted by atomic mass is 10.0. The Morgan fingerprint density at radius 3 is 2.80 bits per heavy atom. The third-order valence-electron chi connectivity index (χ3n) is 3.51. The highest BCUT2D eigenvalue weighted by Crippen LogP contribution is 2.24. The average Bonchev–Trinajstić information content (AvgIpc) is 2.42. The first-order valence-corrected chi connectivity index (χ1v) is 8.15. The van der Waals surface area contributed by atoms with Gasteiger partial charge in [-0.1, -0.05) is 23.3 Å². The number of aromatic nitrogens is 1. The van der Waals surface area contributed by atoms with E-state index in [1.807, 2.05) is 6.07 Å². The van der Waals surface area contributed by atoms with Gasteiger partial charge in [0.15, 0.2) is 0 Å². The molecular weight excluding hydrogens is 338 g/mol. The van der Waals surface area contributed by atoms with Crippen LogP contribution in [0.3, 0.4) is 0 Å². The molecule has 0 saturated carbocycles. The van der Waals surface area contributed by atoms with Crippen molar-refractivity contribution in [2.75, 3.05) is 25.0 Å². The Kier molecular flexibility index (Phi) is 5.87. The summed E-state index contributed by atoms with van der Waals surface area (Å²) >= 11 is 9.31. The van der Waals surface area contributed by atoms with Crippen LogP contribution in [0, 0.1) is 0 Å². The molecule has 0 atom stereocenters. The lowest BCUT2D eigenvalue weighted by molar-refractivity contribution is 0.240. The molecule has 0 radical (unpaired) electrons. The predicted octanol–water partition coefficient (Wildman–Crippen LogP) is 4.34. The van der Waals surface area contributed by atoms with Crippen molar-refractivity contribution in [3.63, 3.8) is 0 Å². The van der Waals surface area contributed by atoms with Crippen molar-refractivity contribution < 1.29 is 0 Å². The molecule has 110 valence electrons. The number of hydrogen-bond acceptors (Lipinski definition) is 3. The maximum absolute atomic E-state index is 5.90. The van der Waals surface area contributed by atoms with Crippen molar-refractivity contribution in [1.29, 1.82) is 0 Å². The number of allylic oxidation sites excluding steroid dienone is 1. The number of nitrogens with zero attached hydrogens (tertiary/aromatic N) is 2. The van der Waals surface area contributed by atoms with Crippen molar-refractivity contribution in [3.05, 3.63) is 33.5 Å². The van der Waals surface area contributed by atoms with Gasteiger partial charge in [-0.3, -0.25) is 4.90 Å². The van der Waals surface area contributed by atoms with E-state index < -0.39 is 0 Å². The highest BCUT2D eigenvalue weighted by Gasteiger charge is 2.18. The summed E-state index contributed by atoms with van der Waals surface area (Å²) < 4.78 is 0.838. The minimum Gasteiger partial charge on any atom is -0.381 e. The second-order valence-corrected chi connectivity index (χ2v) is 6.71. The summed E-state index contributed by atoms with van der Waals surface area (Å²) in [6, 6.07) is 2.51. The van der Waals surface area contributed by atoms with Gasteiger partial charge in [0, 0.05) is 25.7 Å². The first-order valence-electron chi connectivity index (χ1n) is 6.98. The number of hydrogen-bond donors (Lipinski definition) is 1. The number of anilines is 1. The Balaban J connectivity index is 1.82. The smallest absolute Gasteiger partial charge is 0.143 e. The molecule has 0 amide bonds. The molecule has 20 heavy (non-hydrogen) atoms. The van der Waals surface area contributed by atoms with Crippen molar-refractivity contribution >= 4 is 33.2 Å². The summed E-state index contributed by atoms with van der Waals surface area (Å²) in [7, 11) is 0. The first kappa shape index (κ1) is 15.8. The molecule has 1 aromatic heterocycles. The standard InChI is InChI=1S/C15H21BrClN3/c1-11(2)3-6-20-7-4-12(5-8-20)19-13-9-14(16)15(17)18-10-13/h3,9-10,12,19H,4-8H2,1-2H3. The Bertz CT molecular complexity index is 478. The third kappa shape index (κ3) is 4.76. The van der Waals surface area contributed by atoms with E-state index in [9.17, 15) is 0 Å². The van der Waals surface area contributed by atoms with Crippen LogP contribution in [0.15, 0.2) is 28.4 Å². The highest BCUT2D eigenvalue weighted by atomic mass is 79.9. The topological polar surface area (TPSA) is 28.2 Å². The van der Waals surface area contributed by atoms with Gasteiger partial charge in [-0.15, -0.1) is 0 Å². The number of nitrogens with one attached hydrogen (secondary N) is 1. The van der Waals surface area contributed by atoms with Crippen LogP contribution in [-0.2, 0) is 0 Å². The molecule has 0 spiro atoms. The summed E-state index contributed by atoms with van der Waals surface area (Å²) in [4.78, 5) is 6.65. The minimum absolute atomic E-state index is 0.507. The summed E-state index contributed by atoms with van der Waals surface area (Å²) in [5.74, 6) is 0. The number of halogens is 2. The Labute approximate surface area is 134 Å². The molecule has 1 aliphatic rings. The number of piperidine rings is 1. The van der Waals surface area contributed by atoms with E-state index in [0.29, 0.717) is 11.2 Å². The van der Waals surface area contributed by atoms with Gasteiger partial charge in [0.25, 0.3) is 0 Å². The molecule has 2 rings (SSSR count). The maximum Gasteiger partial charge on any atom is 0.143 e. The molecule has 0 bridgehead atoms. The van der Waals surface area contributed by atoms with Gasteiger partial charge < -0.3 is 5.32 Å². The van der Waals surface area contributed by atoms with Crippen LogP contribution in [0.25, 0.3) is 0 Å².